The first-order valence-corrected chi connectivity index (χ1v) is 5.75. The van der Waals surface area contributed by atoms with Crippen molar-refractivity contribution in [1.29, 1.82) is 0 Å². The minimum Gasteiger partial charge on any atom is -0.308 e. The number of primary sulfonamides is 1. The molecule has 0 aromatic carbocycles. The molecule has 0 saturated carbocycles. The van der Waals surface area contributed by atoms with Crippen molar-refractivity contribution in [2.75, 3.05) is 5.32 Å². The second-order valence-electron chi connectivity index (χ2n) is 2.96. The van der Waals surface area contributed by atoms with Crippen LogP contribution in [-0.4, -0.2) is 24.1 Å². The highest BCUT2D eigenvalue weighted by Crippen LogP contribution is 2.17. The van der Waals surface area contributed by atoms with Crippen LogP contribution >= 0.6 is 0 Å². The Hall–Kier alpha value is -1.41. The van der Waals surface area contributed by atoms with Gasteiger partial charge in [0.15, 0.2) is 5.82 Å². The summed E-state index contributed by atoms with van der Waals surface area (Å²) in [4.78, 5) is 10.9. The van der Waals surface area contributed by atoms with Gasteiger partial charge >= 0.3 is 0 Å². The molecule has 0 atom stereocenters. The fourth-order valence-electron chi connectivity index (χ4n) is 0.982. The Morgan fingerprint density at radius 3 is 2.73 bits per heavy atom. The molecule has 0 aliphatic heterocycles. The number of nitrogens with one attached hydrogen (secondary N) is 1. The van der Waals surface area contributed by atoms with Gasteiger partial charge in [0, 0.05) is 19.7 Å². The number of sulfonamides is 1. The van der Waals surface area contributed by atoms with Crippen molar-refractivity contribution >= 4 is 21.7 Å². The van der Waals surface area contributed by atoms with Gasteiger partial charge in [-0.25, -0.2) is 13.6 Å². The Morgan fingerprint density at radius 1 is 1.67 bits per heavy atom. The van der Waals surface area contributed by atoms with Gasteiger partial charge in [-0.1, -0.05) is 6.92 Å². The van der Waals surface area contributed by atoms with Crippen LogP contribution < -0.4 is 10.5 Å². The van der Waals surface area contributed by atoms with Crippen molar-refractivity contribution in [3.8, 4) is 0 Å². The minimum atomic E-state index is -3.86. The number of nitrogens with zero attached hydrogens (tertiary/aromatic N) is 2. The zero-order valence-electron chi connectivity index (χ0n) is 8.39. The van der Waals surface area contributed by atoms with Crippen molar-refractivity contribution in [2.45, 2.75) is 18.2 Å². The Bertz CT molecular complexity index is 476. The first-order chi connectivity index (χ1) is 6.84. The normalized spacial score (nSPS) is 11.4. The fraction of sp³-hybridized carbons (Fsp3) is 0.429. The first-order valence-electron chi connectivity index (χ1n) is 4.21. The number of amides is 1. The van der Waals surface area contributed by atoms with Crippen molar-refractivity contribution in [1.82, 2.24) is 9.78 Å². The van der Waals surface area contributed by atoms with E-state index >= 15 is 0 Å². The molecule has 3 N–H and O–H groups in total. The highest BCUT2D eigenvalue weighted by Gasteiger charge is 2.19. The molecule has 0 radical (unpaired) electrons. The highest BCUT2D eigenvalue weighted by molar-refractivity contribution is 7.89. The summed E-state index contributed by atoms with van der Waals surface area (Å²) >= 11 is 0. The van der Waals surface area contributed by atoms with E-state index in [1.807, 2.05) is 0 Å². The topological polar surface area (TPSA) is 107 Å². The number of rotatable bonds is 3. The molecule has 0 fully saturated rings. The summed E-state index contributed by atoms with van der Waals surface area (Å²) in [5.41, 5.74) is 0. The maximum absolute atomic E-state index is 11.1. The molecular weight excluding hydrogens is 220 g/mol. The third kappa shape index (κ3) is 2.77. The standard InChI is InChI=1S/C7H12N4O3S/c1-3-6(12)9-7-5(15(8,13)14)4-11(2)10-7/h4H,3H2,1-2H3,(H2,8,13,14)(H,9,10,12). The third-order valence-electron chi connectivity index (χ3n) is 1.68. The van der Waals surface area contributed by atoms with Gasteiger partial charge in [-0.3, -0.25) is 9.48 Å². The molecule has 1 heterocycles. The van der Waals surface area contributed by atoms with Gasteiger partial charge in [-0.15, -0.1) is 0 Å². The second kappa shape index (κ2) is 3.99. The number of hydrogen-bond donors (Lipinski definition) is 2. The maximum Gasteiger partial charge on any atom is 0.243 e. The van der Waals surface area contributed by atoms with Crippen LogP contribution in [-0.2, 0) is 21.9 Å². The van der Waals surface area contributed by atoms with Crippen LogP contribution in [0, 0.1) is 0 Å². The summed E-state index contributed by atoms with van der Waals surface area (Å²) in [6.45, 7) is 1.65. The Morgan fingerprint density at radius 2 is 2.27 bits per heavy atom. The third-order valence-corrected chi connectivity index (χ3v) is 2.59. The maximum atomic E-state index is 11.1. The quantitative estimate of drug-likeness (QED) is 0.726. The lowest BCUT2D eigenvalue weighted by Crippen LogP contribution is -2.16. The van der Waals surface area contributed by atoms with Crippen LogP contribution in [0.5, 0.6) is 0 Å². The summed E-state index contributed by atoms with van der Waals surface area (Å²) in [6.07, 6.45) is 1.47. The van der Waals surface area contributed by atoms with Crippen LogP contribution in [0.3, 0.4) is 0 Å². The van der Waals surface area contributed by atoms with Crippen LogP contribution in [0.2, 0.25) is 0 Å². The molecule has 1 rings (SSSR count). The van der Waals surface area contributed by atoms with Crippen molar-refractivity contribution in [2.24, 2.45) is 12.2 Å². The first kappa shape index (κ1) is 11.7. The lowest BCUT2D eigenvalue weighted by molar-refractivity contribution is -0.115. The molecule has 0 spiro atoms. The lowest BCUT2D eigenvalue weighted by atomic mass is 10.4. The van der Waals surface area contributed by atoms with E-state index in [2.05, 4.69) is 10.4 Å². The van der Waals surface area contributed by atoms with Crippen LogP contribution in [0.25, 0.3) is 0 Å². The van der Waals surface area contributed by atoms with Gasteiger partial charge < -0.3 is 5.32 Å². The summed E-state index contributed by atoms with van der Waals surface area (Å²) < 4.78 is 23.5. The number of nitrogens with two attached hydrogens (primary N) is 1. The van der Waals surface area contributed by atoms with Crippen molar-refractivity contribution in [3.63, 3.8) is 0 Å². The smallest absolute Gasteiger partial charge is 0.243 e. The number of carbonyl (C=O) groups excluding carboxylic acids is 1. The van der Waals surface area contributed by atoms with Crippen LogP contribution in [0.15, 0.2) is 11.1 Å². The monoisotopic (exact) mass is 232 g/mol. The largest absolute Gasteiger partial charge is 0.308 e. The molecule has 0 bridgehead atoms. The Balaban J connectivity index is 3.13. The summed E-state index contributed by atoms with van der Waals surface area (Å²) in [5, 5.41) is 11.1. The van der Waals surface area contributed by atoms with Crippen LogP contribution in [0.4, 0.5) is 5.82 Å². The summed E-state index contributed by atoms with van der Waals surface area (Å²) in [5.74, 6) is -0.356. The minimum absolute atomic E-state index is 0.0353. The number of carbonyl (C=O) groups is 1. The Labute approximate surface area is 87.3 Å². The molecule has 8 heteroatoms. The zero-order chi connectivity index (χ0) is 11.6. The lowest BCUT2D eigenvalue weighted by Gasteiger charge is -2.00. The Kier molecular flexibility index (Phi) is 3.10. The average Bonchev–Trinajstić information content (AvgIpc) is 2.45. The van der Waals surface area contributed by atoms with Gasteiger partial charge in [-0.2, -0.15) is 5.10 Å². The van der Waals surface area contributed by atoms with E-state index in [4.69, 9.17) is 5.14 Å². The van der Waals surface area contributed by atoms with Crippen molar-refractivity contribution in [3.05, 3.63) is 6.20 Å². The van der Waals surface area contributed by atoms with E-state index in [0.29, 0.717) is 0 Å². The van der Waals surface area contributed by atoms with E-state index in [9.17, 15) is 13.2 Å². The number of anilines is 1. The molecule has 0 saturated heterocycles. The molecule has 0 unspecified atom stereocenters. The molecule has 7 nitrogen and oxygen atoms in total. The fourth-order valence-corrected chi connectivity index (χ4v) is 1.64. The second-order valence-corrected chi connectivity index (χ2v) is 4.49. The van der Waals surface area contributed by atoms with Crippen LogP contribution in [0.1, 0.15) is 13.3 Å². The predicted octanol–water partition coefficient (Wildman–Crippen LogP) is -0.584. The molecular formula is C7H12N4O3S. The summed E-state index contributed by atoms with van der Waals surface area (Å²) in [7, 11) is -2.33. The van der Waals surface area contributed by atoms with Gasteiger partial charge in [0.05, 0.1) is 0 Å². The molecule has 1 amide bonds. The predicted molar refractivity (Wildman–Crippen MR) is 53.5 cm³/mol. The van der Waals surface area contributed by atoms with Gasteiger partial charge in [0.25, 0.3) is 0 Å². The summed E-state index contributed by atoms with van der Waals surface area (Å²) in [6, 6.07) is 0. The molecule has 15 heavy (non-hydrogen) atoms. The number of aromatic nitrogens is 2. The van der Waals surface area contributed by atoms with E-state index < -0.39 is 10.0 Å². The van der Waals surface area contributed by atoms with Gasteiger partial charge in [0.1, 0.15) is 4.90 Å². The molecule has 1 aromatic rings. The number of aryl methyl sites for hydroxylation is 1. The molecule has 0 aliphatic carbocycles. The SMILES string of the molecule is CCC(=O)Nc1nn(C)cc1S(N)(=O)=O. The average molecular weight is 232 g/mol. The van der Waals surface area contributed by atoms with E-state index in [-0.39, 0.29) is 23.0 Å². The molecule has 1 aromatic heterocycles. The van der Waals surface area contributed by atoms with E-state index in [1.54, 1.807) is 6.92 Å². The zero-order valence-corrected chi connectivity index (χ0v) is 9.21. The van der Waals surface area contributed by atoms with E-state index in [1.165, 1.54) is 17.9 Å². The molecule has 0 aliphatic rings. The van der Waals surface area contributed by atoms with Crippen molar-refractivity contribution < 1.29 is 13.2 Å². The van der Waals surface area contributed by atoms with Gasteiger partial charge in [0.2, 0.25) is 15.9 Å². The van der Waals surface area contributed by atoms with Gasteiger partial charge in [-0.05, 0) is 0 Å². The molecule has 84 valence electrons. The highest BCUT2D eigenvalue weighted by atomic mass is 32.2. The number of hydrogen-bond acceptors (Lipinski definition) is 4. The van der Waals surface area contributed by atoms with E-state index in [0.717, 1.165) is 0 Å².